The fourth-order valence-corrected chi connectivity index (χ4v) is 4.41. The molecule has 0 aliphatic rings. The highest BCUT2D eigenvalue weighted by atomic mass is 32.2. The summed E-state index contributed by atoms with van der Waals surface area (Å²) in [5.74, 6) is -0.220. The maximum absolute atomic E-state index is 13.2. The number of H-pyrrole nitrogens is 1. The van der Waals surface area contributed by atoms with Crippen LogP contribution in [-0.4, -0.2) is 43.2 Å². The molecule has 0 spiro atoms. The second-order valence-corrected chi connectivity index (χ2v) is 8.88. The molecule has 3 aromatic rings. The van der Waals surface area contributed by atoms with E-state index in [0.717, 1.165) is 6.42 Å². The molecule has 162 valence electrons. The van der Waals surface area contributed by atoms with Gasteiger partial charge < -0.3 is 15.7 Å². The Morgan fingerprint density at radius 3 is 2.77 bits per heavy atom. The van der Waals surface area contributed by atoms with E-state index in [4.69, 9.17) is 5.41 Å². The average Bonchev–Trinajstić information content (AvgIpc) is 3.18. The highest BCUT2D eigenvalue weighted by Gasteiger charge is 2.17. The molecular weight excluding hydrogens is 414 g/mol. The quantitative estimate of drug-likeness (QED) is 0.284. The van der Waals surface area contributed by atoms with Crippen LogP contribution in [0.3, 0.4) is 0 Å². The largest absolute Gasteiger partial charge is 0.393 e. The Kier molecular flexibility index (Phi) is 6.86. The molecule has 2 aromatic heterocycles. The molecule has 0 aliphatic heterocycles. The molecule has 8 nitrogen and oxygen atoms in total. The van der Waals surface area contributed by atoms with Crippen molar-refractivity contribution < 1.29 is 13.2 Å². The number of anilines is 1. The molecular formula is C22H25N5O3S. The number of pyridine rings is 1. The van der Waals surface area contributed by atoms with E-state index in [9.17, 15) is 13.2 Å². The molecule has 0 saturated heterocycles. The lowest BCUT2D eigenvalue weighted by molar-refractivity contribution is 0.104. The molecule has 0 aliphatic carbocycles. The standard InChI is InChI=1S/C22H25N5O3S/c1-3-4-8-31(29,30)27-18-7-5-6-15(9-18)21(28)20-14-26-22-19(20)10-16(13-25-22)17(11-23)12-24-2/h5-7,9-14,23-24,27H,3-4,8H2,1-2H3,(H,25,26)/b17-12+,23-11?. The Hall–Kier alpha value is -3.46. The van der Waals surface area contributed by atoms with Crippen molar-refractivity contribution in [1.29, 1.82) is 5.41 Å². The smallest absolute Gasteiger partial charge is 0.232 e. The van der Waals surface area contributed by atoms with E-state index in [1.54, 1.807) is 49.9 Å². The molecule has 0 fully saturated rings. The number of ketones is 1. The number of nitrogens with one attached hydrogen (secondary N) is 4. The molecule has 0 radical (unpaired) electrons. The molecule has 9 heteroatoms. The van der Waals surface area contributed by atoms with Crippen molar-refractivity contribution in [2.75, 3.05) is 17.5 Å². The molecule has 0 unspecified atom stereocenters. The van der Waals surface area contributed by atoms with Crippen LogP contribution in [0.5, 0.6) is 0 Å². The van der Waals surface area contributed by atoms with Crippen LogP contribution in [0, 0.1) is 5.41 Å². The lowest BCUT2D eigenvalue weighted by atomic mass is 10.0. The lowest BCUT2D eigenvalue weighted by Gasteiger charge is -2.09. The third-order valence-electron chi connectivity index (χ3n) is 4.73. The molecule has 1 aromatic carbocycles. The zero-order valence-corrected chi connectivity index (χ0v) is 18.2. The summed E-state index contributed by atoms with van der Waals surface area (Å²) in [5, 5.41) is 11.1. The van der Waals surface area contributed by atoms with E-state index >= 15 is 0 Å². The van der Waals surface area contributed by atoms with Crippen molar-refractivity contribution >= 4 is 44.3 Å². The minimum Gasteiger partial charge on any atom is -0.393 e. The molecule has 0 saturated carbocycles. The van der Waals surface area contributed by atoms with E-state index in [2.05, 4.69) is 20.0 Å². The number of aromatic amines is 1. The van der Waals surface area contributed by atoms with Crippen LogP contribution >= 0.6 is 0 Å². The van der Waals surface area contributed by atoms with Gasteiger partial charge in [0, 0.05) is 65.2 Å². The van der Waals surface area contributed by atoms with Gasteiger partial charge in [0.1, 0.15) is 5.65 Å². The maximum Gasteiger partial charge on any atom is 0.232 e. The summed E-state index contributed by atoms with van der Waals surface area (Å²) in [4.78, 5) is 20.5. The minimum atomic E-state index is -3.46. The number of unbranched alkanes of at least 4 members (excludes halogenated alkanes) is 1. The van der Waals surface area contributed by atoms with Gasteiger partial charge in [-0.25, -0.2) is 13.4 Å². The van der Waals surface area contributed by atoms with Crippen LogP contribution in [0.4, 0.5) is 5.69 Å². The molecule has 0 atom stereocenters. The third kappa shape index (κ3) is 5.18. The van der Waals surface area contributed by atoms with Crippen molar-refractivity contribution in [1.82, 2.24) is 15.3 Å². The van der Waals surface area contributed by atoms with Crippen LogP contribution in [0.2, 0.25) is 0 Å². The van der Waals surface area contributed by atoms with Gasteiger partial charge in [-0.3, -0.25) is 9.52 Å². The Balaban J connectivity index is 1.94. The van der Waals surface area contributed by atoms with Crippen molar-refractivity contribution in [3.05, 3.63) is 65.6 Å². The summed E-state index contributed by atoms with van der Waals surface area (Å²) in [6, 6.07) is 8.25. The van der Waals surface area contributed by atoms with Gasteiger partial charge in [-0.15, -0.1) is 0 Å². The highest BCUT2D eigenvalue weighted by molar-refractivity contribution is 7.92. The van der Waals surface area contributed by atoms with Crippen molar-refractivity contribution in [3.63, 3.8) is 0 Å². The zero-order valence-electron chi connectivity index (χ0n) is 17.4. The Morgan fingerprint density at radius 2 is 2.06 bits per heavy atom. The number of allylic oxidation sites excluding steroid dienone is 1. The van der Waals surface area contributed by atoms with Crippen LogP contribution in [0.1, 0.15) is 41.3 Å². The van der Waals surface area contributed by atoms with E-state index in [-0.39, 0.29) is 11.5 Å². The second kappa shape index (κ2) is 9.57. The highest BCUT2D eigenvalue weighted by Crippen LogP contribution is 2.24. The number of fused-ring (bicyclic) bond motifs is 1. The van der Waals surface area contributed by atoms with Crippen LogP contribution in [0.25, 0.3) is 16.6 Å². The van der Waals surface area contributed by atoms with E-state index in [0.29, 0.717) is 45.4 Å². The normalized spacial score (nSPS) is 12.0. The first-order valence-corrected chi connectivity index (χ1v) is 11.5. The summed E-state index contributed by atoms with van der Waals surface area (Å²) in [6.45, 7) is 1.93. The van der Waals surface area contributed by atoms with Gasteiger partial charge in [-0.1, -0.05) is 25.5 Å². The summed E-state index contributed by atoms with van der Waals surface area (Å²) in [5.41, 5.74) is 3.01. The monoisotopic (exact) mass is 439 g/mol. The number of carbonyl (C=O) groups is 1. The Bertz CT molecular complexity index is 1250. The number of hydrogen-bond acceptors (Lipinski definition) is 6. The maximum atomic E-state index is 13.2. The summed E-state index contributed by atoms with van der Waals surface area (Å²) < 4.78 is 26.9. The Labute approximate surface area is 181 Å². The summed E-state index contributed by atoms with van der Waals surface area (Å²) in [6.07, 6.45) is 7.46. The number of nitrogens with zero attached hydrogens (tertiary/aromatic N) is 1. The van der Waals surface area contributed by atoms with Gasteiger partial charge in [0.25, 0.3) is 0 Å². The van der Waals surface area contributed by atoms with Gasteiger partial charge in [0.05, 0.1) is 5.75 Å². The molecule has 0 bridgehead atoms. The number of sulfonamides is 1. The second-order valence-electron chi connectivity index (χ2n) is 7.04. The van der Waals surface area contributed by atoms with E-state index in [1.807, 2.05) is 6.92 Å². The summed E-state index contributed by atoms with van der Waals surface area (Å²) in [7, 11) is -1.72. The van der Waals surface area contributed by atoms with Crippen LogP contribution < -0.4 is 10.0 Å². The number of benzene rings is 1. The topological polar surface area (TPSA) is 128 Å². The van der Waals surface area contributed by atoms with E-state index in [1.165, 1.54) is 12.3 Å². The zero-order chi connectivity index (χ0) is 22.4. The predicted molar refractivity (Wildman–Crippen MR) is 124 cm³/mol. The van der Waals surface area contributed by atoms with E-state index < -0.39 is 10.0 Å². The fraction of sp³-hybridized carbons (Fsp3) is 0.227. The first-order chi connectivity index (χ1) is 14.9. The average molecular weight is 440 g/mol. The number of hydrogen-bond donors (Lipinski definition) is 4. The third-order valence-corrected chi connectivity index (χ3v) is 6.10. The molecule has 4 N–H and O–H groups in total. The first kappa shape index (κ1) is 22.2. The SMILES string of the molecule is CCCCS(=O)(=O)Nc1cccc(C(=O)c2c[nH]c3ncc(/C(C=N)=C/NC)cc23)c1. The van der Waals surface area contributed by atoms with Gasteiger partial charge in [0.2, 0.25) is 10.0 Å². The van der Waals surface area contributed by atoms with Gasteiger partial charge in [-0.2, -0.15) is 0 Å². The van der Waals surface area contributed by atoms with Crippen LogP contribution in [-0.2, 0) is 10.0 Å². The van der Waals surface area contributed by atoms with Crippen molar-refractivity contribution in [3.8, 4) is 0 Å². The van der Waals surface area contributed by atoms with Gasteiger partial charge in [-0.05, 0) is 24.6 Å². The number of carbonyl (C=O) groups excluding carboxylic acids is 1. The summed E-state index contributed by atoms with van der Waals surface area (Å²) >= 11 is 0. The Morgan fingerprint density at radius 1 is 1.26 bits per heavy atom. The first-order valence-electron chi connectivity index (χ1n) is 9.89. The number of aromatic nitrogens is 2. The predicted octanol–water partition coefficient (Wildman–Crippen LogP) is 3.55. The minimum absolute atomic E-state index is 0.0358. The molecule has 3 rings (SSSR count). The van der Waals surface area contributed by atoms with Crippen molar-refractivity contribution in [2.45, 2.75) is 19.8 Å². The van der Waals surface area contributed by atoms with Gasteiger partial charge in [0.15, 0.2) is 5.78 Å². The van der Waals surface area contributed by atoms with Crippen LogP contribution in [0.15, 0.2) is 48.9 Å². The number of rotatable bonds is 10. The lowest BCUT2D eigenvalue weighted by Crippen LogP contribution is -2.16. The fourth-order valence-electron chi connectivity index (χ4n) is 3.16. The molecule has 2 heterocycles. The van der Waals surface area contributed by atoms with Crippen molar-refractivity contribution in [2.24, 2.45) is 0 Å². The molecule has 0 amide bonds. The van der Waals surface area contributed by atoms with Gasteiger partial charge >= 0.3 is 0 Å². The molecule has 31 heavy (non-hydrogen) atoms.